The Bertz CT molecular complexity index is 691. The zero-order valence-electron chi connectivity index (χ0n) is 16.4. The molecule has 1 aliphatic heterocycles. The van der Waals surface area contributed by atoms with Crippen molar-refractivity contribution < 1.29 is 14.4 Å². The summed E-state index contributed by atoms with van der Waals surface area (Å²) in [5, 5.41) is 0. The topological polar surface area (TPSA) is 60.9 Å². The molecule has 0 saturated carbocycles. The molecule has 1 fully saturated rings. The number of anilines is 1. The largest absolute Gasteiger partial charge is 0.339 e. The van der Waals surface area contributed by atoms with E-state index in [1.54, 1.807) is 28.5 Å². The minimum atomic E-state index is -1.15. The van der Waals surface area contributed by atoms with E-state index in [1.165, 1.54) is 6.92 Å². The summed E-state index contributed by atoms with van der Waals surface area (Å²) in [6.45, 7) is 11.3. The number of nitrogens with zero attached hydrogens (tertiary/aromatic N) is 3. The van der Waals surface area contributed by atoms with Gasteiger partial charge in [-0.15, -0.1) is 0 Å². The second kappa shape index (κ2) is 7.89. The lowest BCUT2D eigenvalue weighted by Crippen LogP contribution is -2.56. The average molecular weight is 359 g/mol. The van der Waals surface area contributed by atoms with Gasteiger partial charge in [-0.25, -0.2) is 0 Å². The molecule has 6 heteroatoms. The maximum Gasteiger partial charge on any atom is 0.242 e. The van der Waals surface area contributed by atoms with Crippen LogP contribution in [0.1, 0.15) is 33.3 Å². The normalized spacial score (nSPS) is 15.0. The summed E-state index contributed by atoms with van der Waals surface area (Å²) in [7, 11) is 0. The molecule has 0 spiro atoms. The van der Waals surface area contributed by atoms with Crippen molar-refractivity contribution in [1.29, 1.82) is 0 Å². The molecule has 26 heavy (non-hydrogen) atoms. The summed E-state index contributed by atoms with van der Waals surface area (Å²) >= 11 is 0. The predicted molar refractivity (Wildman–Crippen MR) is 102 cm³/mol. The first-order valence-electron chi connectivity index (χ1n) is 9.12. The molecule has 0 bridgehead atoms. The zero-order chi connectivity index (χ0) is 19.5. The molecular formula is C20H29N3O3. The van der Waals surface area contributed by atoms with Gasteiger partial charge in [0, 0.05) is 45.3 Å². The van der Waals surface area contributed by atoms with Gasteiger partial charge in [-0.05, 0) is 45.4 Å². The first-order valence-corrected chi connectivity index (χ1v) is 9.12. The van der Waals surface area contributed by atoms with Gasteiger partial charge in [-0.3, -0.25) is 14.4 Å². The summed E-state index contributed by atoms with van der Waals surface area (Å²) in [6.07, 6.45) is 0. The Morgan fingerprint density at radius 1 is 1.08 bits per heavy atom. The van der Waals surface area contributed by atoms with Crippen molar-refractivity contribution in [2.24, 2.45) is 5.41 Å². The van der Waals surface area contributed by atoms with Crippen LogP contribution < -0.4 is 4.90 Å². The van der Waals surface area contributed by atoms with Crippen LogP contribution in [-0.4, -0.2) is 60.2 Å². The number of amides is 3. The number of carbonyl (C=O) groups is 3. The van der Waals surface area contributed by atoms with E-state index in [2.05, 4.69) is 0 Å². The molecule has 0 radical (unpaired) electrons. The highest BCUT2D eigenvalue weighted by Crippen LogP contribution is 2.27. The molecular weight excluding hydrogens is 330 g/mol. The Labute approximate surface area is 155 Å². The molecule has 0 unspecified atom stereocenters. The molecule has 1 saturated heterocycles. The zero-order valence-corrected chi connectivity index (χ0v) is 16.4. The van der Waals surface area contributed by atoms with Crippen LogP contribution in [0.5, 0.6) is 0 Å². The van der Waals surface area contributed by atoms with Crippen molar-refractivity contribution in [2.75, 3.05) is 37.6 Å². The maximum absolute atomic E-state index is 13.2. The van der Waals surface area contributed by atoms with E-state index in [4.69, 9.17) is 0 Å². The Morgan fingerprint density at radius 2 is 1.65 bits per heavy atom. The fourth-order valence-electron chi connectivity index (χ4n) is 3.29. The minimum Gasteiger partial charge on any atom is -0.339 e. The molecule has 0 atom stereocenters. The van der Waals surface area contributed by atoms with Crippen molar-refractivity contribution in [3.63, 3.8) is 0 Å². The molecule has 1 heterocycles. The Balaban J connectivity index is 2.15. The second-order valence-corrected chi connectivity index (χ2v) is 7.31. The second-order valence-electron chi connectivity index (χ2n) is 7.31. The molecule has 142 valence electrons. The van der Waals surface area contributed by atoms with Gasteiger partial charge in [-0.1, -0.05) is 12.1 Å². The van der Waals surface area contributed by atoms with Crippen molar-refractivity contribution in [1.82, 2.24) is 9.80 Å². The molecule has 0 N–H and O–H groups in total. The summed E-state index contributed by atoms with van der Waals surface area (Å²) in [5.41, 5.74) is 0.719. The fourth-order valence-corrected chi connectivity index (χ4v) is 3.29. The van der Waals surface area contributed by atoms with E-state index >= 15 is 0 Å². The van der Waals surface area contributed by atoms with E-state index in [1.807, 2.05) is 38.1 Å². The highest BCUT2D eigenvalue weighted by Gasteiger charge is 2.42. The van der Waals surface area contributed by atoms with Crippen LogP contribution in [0, 0.1) is 12.3 Å². The molecule has 3 amide bonds. The number of benzene rings is 1. The van der Waals surface area contributed by atoms with Crippen LogP contribution in [-0.2, 0) is 14.4 Å². The van der Waals surface area contributed by atoms with E-state index in [9.17, 15) is 14.4 Å². The molecule has 0 aromatic heterocycles. The molecule has 0 aliphatic carbocycles. The van der Waals surface area contributed by atoms with Crippen LogP contribution in [0.2, 0.25) is 0 Å². The summed E-state index contributed by atoms with van der Waals surface area (Å²) in [4.78, 5) is 42.7. The van der Waals surface area contributed by atoms with Gasteiger partial charge < -0.3 is 14.7 Å². The fraction of sp³-hybridized carbons (Fsp3) is 0.550. The first kappa shape index (κ1) is 19.9. The predicted octanol–water partition coefficient (Wildman–Crippen LogP) is 2.06. The summed E-state index contributed by atoms with van der Waals surface area (Å²) in [5.74, 6) is -0.370. The Kier molecular flexibility index (Phi) is 6.05. The quantitative estimate of drug-likeness (QED) is 0.773. The number of rotatable bonds is 4. The van der Waals surface area contributed by atoms with E-state index in [0.29, 0.717) is 32.7 Å². The Morgan fingerprint density at radius 3 is 2.15 bits per heavy atom. The van der Waals surface area contributed by atoms with Crippen molar-refractivity contribution in [3.8, 4) is 0 Å². The number of carbonyl (C=O) groups excluding carboxylic acids is 3. The molecule has 2 rings (SSSR count). The monoisotopic (exact) mass is 359 g/mol. The lowest BCUT2D eigenvalue weighted by molar-refractivity contribution is -0.150. The molecule has 1 aromatic rings. The summed E-state index contributed by atoms with van der Waals surface area (Å²) < 4.78 is 0. The highest BCUT2D eigenvalue weighted by atomic mass is 16.2. The van der Waals surface area contributed by atoms with Crippen molar-refractivity contribution in [2.45, 2.75) is 34.6 Å². The van der Waals surface area contributed by atoms with Crippen molar-refractivity contribution in [3.05, 3.63) is 29.8 Å². The maximum atomic E-state index is 13.2. The standard InChI is InChI=1S/C20H29N3O3/c1-6-23(17-9-7-8-15(2)14-17)19(26)20(4,5)18(25)22-12-10-21(11-13-22)16(3)24/h7-9,14H,6,10-13H2,1-5H3. The SMILES string of the molecule is CCN(C(=O)C(C)(C)C(=O)N1CCN(C(C)=O)CC1)c1cccc(C)c1. The van der Waals surface area contributed by atoms with Crippen molar-refractivity contribution >= 4 is 23.4 Å². The minimum absolute atomic E-state index is 0.0176. The lowest BCUT2D eigenvalue weighted by atomic mass is 9.88. The number of hydrogen-bond acceptors (Lipinski definition) is 3. The Hall–Kier alpha value is -2.37. The van der Waals surface area contributed by atoms with Crippen LogP contribution in [0.25, 0.3) is 0 Å². The van der Waals surface area contributed by atoms with Gasteiger partial charge in [0.25, 0.3) is 0 Å². The van der Waals surface area contributed by atoms with E-state index < -0.39 is 5.41 Å². The third kappa shape index (κ3) is 4.06. The third-order valence-corrected chi connectivity index (χ3v) is 4.96. The first-order chi connectivity index (χ1) is 12.2. The van der Waals surface area contributed by atoms with Gasteiger partial charge in [0.05, 0.1) is 0 Å². The average Bonchev–Trinajstić information content (AvgIpc) is 2.61. The van der Waals surface area contributed by atoms with Gasteiger partial charge in [0.15, 0.2) is 0 Å². The number of hydrogen-bond donors (Lipinski definition) is 0. The molecule has 1 aliphatic rings. The number of piperazine rings is 1. The number of aryl methyl sites for hydroxylation is 1. The van der Waals surface area contributed by atoms with Crippen LogP contribution in [0.15, 0.2) is 24.3 Å². The third-order valence-electron chi connectivity index (χ3n) is 4.96. The van der Waals surface area contributed by atoms with E-state index in [0.717, 1.165) is 11.3 Å². The lowest BCUT2D eigenvalue weighted by Gasteiger charge is -2.39. The van der Waals surface area contributed by atoms with Gasteiger partial charge >= 0.3 is 0 Å². The summed E-state index contributed by atoms with van der Waals surface area (Å²) in [6, 6.07) is 7.73. The van der Waals surface area contributed by atoms with E-state index in [-0.39, 0.29) is 17.7 Å². The van der Waals surface area contributed by atoms with Gasteiger partial charge in [0.1, 0.15) is 5.41 Å². The smallest absolute Gasteiger partial charge is 0.242 e. The molecule has 6 nitrogen and oxygen atoms in total. The van der Waals surface area contributed by atoms with Crippen LogP contribution >= 0.6 is 0 Å². The van der Waals surface area contributed by atoms with Gasteiger partial charge in [0.2, 0.25) is 17.7 Å². The van der Waals surface area contributed by atoms with Crippen LogP contribution in [0.4, 0.5) is 5.69 Å². The van der Waals surface area contributed by atoms with Gasteiger partial charge in [-0.2, -0.15) is 0 Å². The van der Waals surface area contributed by atoms with Crippen LogP contribution in [0.3, 0.4) is 0 Å². The highest BCUT2D eigenvalue weighted by molar-refractivity contribution is 6.11. The molecule has 1 aromatic carbocycles.